The molecule has 3 nitrogen and oxygen atoms in total. The van der Waals surface area contributed by atoms with Crippen molar-refractivity contribution in [1.29, 1.82) is 0 Å². The largest absolute Gasteiger partial charge is 0.394 e. The molecule has 3 N–H and O–H groups in total. The van der Waals surface area contributed by atoms with Crippen LogP contribution in [-0.4, -0.2) is 22.2 Å². The van der Waals surface area contributed by atoms with Gasteiger partial charge in [-0.15, -0.1) is 11.3 Å². The van der Waals surface area contributed by atoms with Crippen molar-refractivity contribution in [3.05, 3.63) is 15.0 Å². The third-order valence-electron chi connectivity index (χ3n) is 1.47. The van der Waals surface area contributed by atoms with Crippen LogP contribution in [0.15, 0.2) is 9.30 Å². The Morgan fingerprint density at radius 2 is 2.50 bits per heavy atom. The molecular formula is C7H11BrN2OS. The summed E-state index contributed by atoms with van der Waals surface area (Å²) in [7, 11) is 0. The predicted molar refractivity (Wildman–Crippen MR) is 53.2 cm³/mol. The van der Waals surface area contributed by atoms with Crippen LogP contribution in [0.25, 0.3) is 0 Å². The van der Waals surface area contributed by atoms with E-state index in [4.69, 9.17) is 10.8 Å². The molecule has 1 unspecified atom stereocenters. The number of hydrogen-bond acceptors (Lipinski definition) is 4. The first-order chi connectivity index (χ1) is 5.53. The molecule has 0 amide bonds. The standard InChI is InChI=1S/C7H11BrN2OS/c1-7(9,4-11)2-5-3-12-6(8)10-5/h3,11H,2,4,9H2,1H3. The highest BCUT2D eigenvalue weighted by Crippen LogP contribution is 2.18. The van der Waals surface area contributed by atoms with Crippen LogP contribution in [0, 0.1) is 0 Å². The van der Waals surface area contributed by atoms with Crippen LogP contribution in [0.4, 0.5) is 0 Å². The lowest BCUT2D eigenvalue weighted by Gasteiger charge is -2.19. The lowest BCUT2D eigenvalue weighted by Crippen LogP contribution is -2.42. The number of hydrogen-bond donors (Lipinski definition) is 2. The van der Waals surface area contributed by atoms with Gasteiger partial charge in [0.2, 0.25) is 0 Å². The van der Waals surface area contributed by atoms with Gasteiger partial charge in [0.1, 0.15) is 0 Å². The SMILES string of the molecule is CC(N)(CO)Cc1csc(Br)n1. The van der Waals surface area contributed by atoms with E-state index >= 15 is 0 Å². The third-order valence-corrected chi connectivity index (χ3v) is 2.88. The minimum Gasteiger partial charge on any atom is -0.394 e. The second-order valence-corrected chi connectivity index (χ2v) is 5.21. The Morgan fingerprint density at radius 1 is 1.83 bits per heavy atom. The predicted octanol–water partition coefficient (Wildman–Crippen LogP) is 1.16. The maximum Gasteiger partial charge on any atom is 0.159 e. The number of rotatable bonds is 3. The molecule has 0 saturated heterocycles. The topological polar surface area (TPSA) is 59.1 Å². The van der Waals surface area contributed by atoms with Gasteiger partial charge in [-0.25, -0.2) is 4.98 Å². The van der Waals surface area contributed by atoms with E-state index in [1.807, 2.05) is 5.38 Å². The highest BCUT2D eigenvalue weighted by molar-refractivity contribution is 9.11. The number of nitrogens with two attached hydrogens (primary N) is 1. The fourth-order valence-electron chi connectivity index (χ4n) is 0.833. The van der Waals surface area contributed by atoms with Crippen LogP contribution in [-0.2, 0) is 6.42 Å². The molecule has 0 aliphatic carbocycles. The summed E-state index contributed by atoms with van der Waals surface area (Å²) in [5, 5.41) is 10.8. The second-order valence-electron chi connectivity index (χ2n) is 3.08. The Hall–Kier alpha value is 0.0300. The van der Waals surface area contributed by atoms with E-state index in [9.17, 15) is 0 Å². The molecule has 0 saturated carbocycles. The van der Waals surface area contributed by atoms with Gasteiger partial charge in [0.25, 0.3) is 0 Å². The summed E-state index contributed by atoms with van der Waals surface area (Å²) in [4.78, 5) is 4.19. The molecule has 0 bridgehead atoms. The van der Waals surface area contributed by atoms with Crippen LogP contribution in [0.2, 0.25) is 0 Å². The van der Waals surface area contributed by atoms with E-state index in [0.29, 0.717) is 6.42 Å². The molecule has 0 spiro atoms. The summed E-state index contributed by atoms with van der Waals surface area (Å²) < 4.78 is 0.853. The normalized spacial score (nSPS) is 16.0. The van der Waals surface area contributed by atoms with Gasteiger partial charge in [-0.2, -0.15) is 0 Å². The zero-order valence-electron chi connectivity index (χ0n) is 6.75. The van der Waals surface area contributed by atoms with Crippen LogP contribution in [0.5, 0.6) is 0 Å². The molecule has 0 aromatic carbocycles. The summed E-state index contributed by atoms with van der Waals surface area (Å²) >= 11 is 4.79. The molecule has 0 aliphatic rings. The van der Waals surface area contributed by atoms with Crippen molar-refractivity contribution in [2.75, 3.05) is 6.61 Å². The molecule has 0 aliphatic heterocycles. The van der Waals surface area contributed by atoms with Crippen molar-refractivity contribution in [2.45, 2.75) is 18.9 Å². The lowest BCUT2D eigenvalue weighted by atomic mass is 9.99. The summed E-state index contributed by atoms with van der Waals surface area (Å²) in [6.45, 7) is 1.78. The monoisotopic (exact) mass is 250 g/mol. The fraction of sp³-hybridized carbons (Fsp3) is 0.571. The van der Waals surface area contributed by atoms with Gasteiger partial charge in [-0.3, -0.25) is 0 Å². The quantitative estimate of drug-likeness (QED) is 0.847. The lowest BCUT2D eigenvalue weighted by molar-refractivity contribution is 0.207. The zero-order valence-corrected chi connectivity index (χ0v) is 9.15. The molecule has 0 radical (unpaired) electrons. The third kappa shape index (κ3) is 2.82. The summed E-state index contributed by atoms with van der Waals surface area (Å²) in [6.07, 6.45) is 0.603. The number of aliphatic hydroxyl groups excluding tert-OH is 1. The first kappa shape index (κ1) is 10.1. The van der Waals surface area contributed by atoms with Gasteiger partial charge in [0.05, 0.1) is 12.3 Å². The van der Waals surface area contributed by atoms with Crippen molar-refractivity contribution < 1.29 is 5.11 Å². The molecule has 1 aromatic heterocycles. The van der Waals surface area contributed by atoms with Gasteiger partial charge in [0, 0.05) is 17.3 Å². The number of halogens is 1. The summed E-state index contributed by atoms with van der Waals surface area (Å²) in [5.41, 5.74) is 6.12. The number of nitrogens with zero attached hydrogens (tertiary/aromatic N) is 1. The maximum absolute atomic E-state index is 8.90. The van der Waals surface area contributed by atoms with E-state index in [1.165, 1.54) is 11.3 Å². The second kappa shape index (κ2) is 3.83. The van der Waals surface area contributed by atoms with E-state index in [-0.39, 0.29) is 6.61 Å². The highest BCUT2D eigenvalue weighted by atomic mass is 79.9. The van der Waals surface area contributed by atoms with E-state index in [2.05, 4.69) is 20.9 Å². The number of thiazole rings is 1. The zero-order chi connectivity index (χ0) is 9.19. The van der Waals surface area contributed by atoms with Crippen molar-refractivity contribution >= 4 is 27.3 Å². The molecule has 1 heterocycles. The van der Waals surface area contributed by atoms with Crippen LogP contribution in [0.3, 0.4) is 0 Å². The van der Waals surface area contributed by atoms with Crippen LogP contribution in [0.1, 0.15) is 12.6 Å². The average molecular weight is 251 g/mol. The van der Waals surface area contributed by atoms with Crippen molar-refractivity contribution in [2.24, 2.45) is 5.73 Å². The highest BCUT2D eigenvalue weighted by Gasteiger charge is 2.18. The maximum atomic E-state index is 8.90. The van der Waals surface area contributed by atoms with Crippen molar-refractivity contribution in [1.82, 2.24) is 4.98 Å². The Bertz CT molecular complexity index is 262. The first-order valence-electron chi connectivity index (χ1n) is 3.53. The molecule has 12 heavy (non-hydrogen) atoms. The minimum absolute atomic E-state index is 0.0256. The molecule has 1 atom stereocenters. The average Bonchev–Trinajstić information content (AvgIpc) is 2.35. The smallest absolute Gasteiger partial charge is 0.159 e. The van der Waals surface area contributed by atoms with Crippen molar-refractivity contribution in [3.8, 4) is 0 Å². The van der Waals surface area contributed by atoms with E-state index in [1.54, 1.807) is 6.92 Å². The fourth-order valence-corrected chi connectivity index (χ4v) is 1.88. The van der Waals surface area contributed by atoms with E-state index < -0.39 is 5.54 Å². The molecule has 0 fully saturated rings. The van der Waals surface area contributed by atoms with Gasteiger partial charge in [0.15, 0.2) is 3.92 Å². The Morgan fingerprint density at radius 3 is 2.92 bits per heavy atom. The molecule has 1 aromatic rings. The Kier molecular flexibility index (Phi) is 3.22. The number of aromatic nitrogens is 1. The van der Waals surface area contributed by atoms with Crippen LogP contribution >= 0.6 is 27.3 Å². The van der Waals surface area contributed by atoms with Gasteiger partial charge >= 0.3 is 0 Å². The van der Waals surface area contributed by atoms with Crippen LogP contribution < -0.4 is 5.73 Å². The number of aliphatic hydroxyl groups is 1. The molecule has 5 heteroatoms. The summed E-state index contributed by atoms with van der Waals surface area (Å²) in [5.74, 6) is 0. The van der Waals surface area contributed by atoms with Gasteiger partial charge in [-0.1, -0.05) is 0 Å². The van der Waals surface area contributed by atoms with Gasteiger partial charge < -0.3 is 10.8 Å². The summed E-state index contributed by atoms with van der Waals surface area (Å²) in [6, 6.07) is 0. The molecular weight excluding hydrogens is 240 g/mol. The first-order valence-corrected chi connectivity index (χ1v) is 5.20. The Balaban J connectivity index is 2.63. The van der Waals surface area contributed by atoms with E-state index in [0.717, 1.165) is 9.61 Å². The minimum atomic E-state index is -0.562. The van der Waals surface area contributed by atoms with Gasteiger partial charge in [-0.05, 0) is 22.9 Å². The molecule has 68 valence electrons. The Labute approximate surface area is 83.8 Å². The molecule has 1 rings (SSSR count). The van der Waals surface area contributed by atoms with Crippen molar-refractivity contribution in [3.63, 3.8) is 0 Å².